The second-order valence-corrected chi connectivity index (χ2v) is 8.36. The summed E-state index contributed by atoms with van der Waals surface area (Å²) >= 11 is 0. The third-order valence-corrected chi connectivity index (χ3v) is 4.51. The summed E-state index contributed by atoms with van der Waals surface area (Å²) in [6, 6.07) is 21.1. The van der Waals surface area contributed by atoms with Crippen molar-refractivity contribution in [3.8, 4) is 17.2 Å². The van der Waals surface area contributed by atoms with Gasteiger partial charge in [-0.05, 0) is 70.2 Å². The van der Waals surface area contributed by atoms with Gasteiger partial charge in [-0.1, -0.05) is 35.9 Å². The lowest BCUT2D eigenvalue weighted by atomic mass is 10.1. The van der Waals surface area contributed by atoms with Crippen LogP contribution in [-0.4, -0.2) is 23.8 Å². The molecular weight excluding hydrogens is 390 g/mol. The fourth-order valence-corrected chi connectivity index (χ4v) is 2.76. The molecule has 0 unspecified atom stereocenters. The van der Waals surface area contributed by atoms with Crippen LogP contribution in [0, 0.1) is 6.92 Å². The van der Waals surface area contributed by atoms with Crippen molar-refractivity contribution in [1.82, 2.24) is 5.32 Å². The second-order valence-electron chi connectivity index (χ2n) is 8.36. The van der Waals surface area contributed by atoms with Crippen molar-refractivity contribution in [3.05, 3.63) is 89.5 Å². The van der Waals surface area contributed by atoms with E-state index in [-0.39, 0.29) is 23.6 Å². The predicted molar refractivity (Wildman–Crippen MR) is 121 cm³/mol. The van der Waals surface area contributed by atoms with Crippen LogP contribution in [0.3, 0.4) is 0 Å². The first-order valence-corrected chi connectivity index (χ1v) is 10.2. The number of aryl methyl sites for hydroxylation is 1. The molecule has 0 saturated heterocycles. The van der Waals surface area contributed by atoms with Gasteiger partial charge in [0, 0.05) is 11.1 Å². The van der Waals surface area contributed by atoms with Gasteiger partial charge in [0.25, 0.3) is 0 Å². The van der Waals surface area contributed by atoms with Crippen LogP contribution in [0.4, 0.5) is 0 Å². The maximum atomic E-state index is 12.7. The van der Waals surface area contributed by atoms with Crippen LogP contribution in [0.15, 0.2) is 72.8 Å². The summed E-state index contributed by atoms with van der Waals surface area (Å²) in [7, 11) is 0. The quantitative estimate of drug-likeness (QED) is 0.309. The first kappa shape index (κ1) is 22.2. The Kier molecular flexibility index (Phi) is 6.88. The van der Waals surface area contributed by atoms with Crippen molar-refractivity contribution >= 4 is 11.8 Å². The fraction of sp³-hybridized carbons (Fsp3) is 0.231. The van der Waals surface area contributed by atoms with Gasteiger partial charge in [0.1, 0.15) is 5.75 Å². The molecule has 0 bridgehead atoms. The number of esters is 1. The Morgan fingerprint density at radius 3 is 2.16 bits per heavy atom. The first-order chi connectivity index (χ1) is 14.7. The van der Waals surface area contributed by atoms with Crippen molar-refractivity contribution in [1.29, 1.82) is 0 Å². The number of ether oxygens (including phenoxy) is 2. The van der Waals surface area contributed by atoms with E-state index in [0.29, 0.717) is 22.6 Å². The molecule has 5 nitrogen and oxygen atoms in total. The Bertz CT molecular complexity index is 1050. The predicted octanol–water partition coefficient (Wildman–Crippen LogP) is 5.58. The number of ketones is 1. The monoisotopic (exact) mass is 417 g/mol. The standard InChI is InChI=1S/C26H27NO4/c1-18-10-13-21(14-11-18)30-24-16-20(22(28)17-27-26(2,3)4)12-15-23(24)31-25(29)19-8-6-5-7-9-19/h5-16,27H,17H2,1-4H3. The van der Waals surface area contributed by atoms with Gasteiger partial charge in [-0.3, -0.25) is 4.79 Å². The Hall–Kier alpha value is -3.44. The Morgan fingerprint density at radius 1 is 0.839 bits per heavy atom. The molecule has 5 heteroatoms. The number of hydrogen-bond donors (Lipinski definition) is 1. The Balaban J connectivity index is 1.88. The van der Waals surface area contributed by atoms with Gasteiger partial charge in [-0.15, -0.1) is 0 Å². The van der Waals surface area contributed by atoms with Crippen molar-refractivity contribution in [3.63, 3.8) is 0 Å². The number of carbonyl (C=O) groups is 2. The summed E-state index contributed by atoms with van der Waals surface area (Å²) < 4.78 is 11.6. The molecule has 3 aromatic rings. The van der Waals surface area contributed by atoms with Gasteiger partial charge < -0.3 is 14.8 Å². The van der Waals surface area contributed by atoms with Gasteiger partial charge in [0.05, 0.1) is 12.1 Å². The van der Waals surface area contributed by atoms with E-state index in [2.05, 4.69) is 5.32 Å². The van der Waals surface area contributed by atoms with E-state index in [1.165, 1.54) is 0 Å². The third-order valence-electron chi connectivity index (χ3n) is 4.51. The molecule has 1 N–H and O–H groups in total. The molecule has 0 aliphatic rings. The van der Waals surface area contributed by atoms with E-state index in [0.717, 1.165) is 5.56 Å². The van der Waals surface area contributed by atoms with Crippen molar-refractivity contribution < 1.29 is 19.1 Å². The van der Waals surface area contributed by atoms with E-state index in [4.69, 9.17) is 9.47 Å². The topological polar surface area (TPSA) is 64.6 Å². The van der Waals surface area contributed by atoms with Crippen LogP contribution in [0.25, 0.3) is 0 Å². The summed E-state index contributed by atoms with van der Waals surface area (Å²) in [5, 5.41) is 3.19. The molecule has 0 radical (unpaired) electrons. The average Bonchev–Trinajstić information content (AvgIpc) is 2.75. The fourth-order valence-electron chi connectivity index (χ4n) is 2.76. The molecule has 0 aliphatic carbocycles. The largest absolute Gasteiger partial charge is 0.453 e. The molecule has 0 amide bonds. The Labute approximate surface area is 183 Å². The van der Waals surface area contributed by atoms with E-state index < -0.39 is 5.97 Å². The SMILES string of the molecule is Cc1ccc(Oc2cc(C(=O)CNC(C)(C)C)ccc2OC(=O)c2ccccc2)cc1. The van der Waals surface area contributed by atoms with Crippen LogP contribution >= 0.6 is 0 Å². The van der Waals surface area contributed by atoms with E-state index >= 15 is 0 Å². The number of benzene rings is 3. The zero-order valence-corrected chi connectivity index (χ0v) is 18.3. The minimum Gasteiger partial charge on any atom is -0.453 e. The summed E-state index contributed by atoms with van der Waals surface area (Å²) in [6.45, 7) is 8.17. The van der Waals surface area contributed by atoms with Gasteiger partial charge in [0.2, 0.25) is 0 Å². The van der Waals surface area contributed by atoms with Gasteiger partial charge in [-0.2, -0.15) is 0 Å². The summed E-state index contributed by atoms with van der Waals surface area (Å²) in [5.41, 5.74) is 1.82. The van der Waals surface area contributed by atoms with E-state index in [1.807, 2.05) is 58.0 Å². The highest BCUT2D eigenvalue weighted by Crippen LogP contribution is 2.33. The maximum Gasteiger partial charge on any atom is 0.343 e. The Morgan fingerprint density at radius 2 is 1.52 bits per heavy atom. The maximum absolute atomic E-state index is 12.7. The van der Waals surface area contributed by atoms with E-state index in [9.17, 15) is 9.59 Å². The highest BCUT2D eigenvalue weighted by molar-refractivity contribution is 5.98. The minimum absolute atomic E-state index is 0.0791. The molecule has 0 aliphatic heterocycles. The van der Waals surface area contributed by atoms with Crippen LogP contribution in [0.5, 0.6) is 17.2 Å². The van der Waals surface area contributed by atoms with Gasteiger partial charge in [0.15, 0.2) is 17.3 Å². The summed E-state index contributed by atoms with van der Waals surface area (Å²) in [5.74, 6) is 0.553. The molecule has 3 rings (SSSR count). The summed E-state index contributed by atoms with van der Waals surface area (Å²) in [6.07, 6.45) is 0. The number of hydrogen-bond acceptors (Lipinski definition) is 5. The highest BCUT2D eigenvalue weighted by atomic mass is 16.6. The zero-order chi connectivity index (χ0) is 22.4. The number of nitrogens with one attached hydrogen (secondary N) is 1. The van der Waals surface area contributed by atoms with Gasteiger partial charge in [-0.25, -0.2) is 4.79 Å². The average molecular weight is 418 g/mol. The number of carbonyl (C=O) groups excluding carboxylic acids is 2. The van der Waals surface area contributed by atoms with Crippen LogP contribution in [-0.2, 0) is 0 Å². The number of Topliss-reactive ketones (excluding diaryl/α,β-unsaturated/α-hetero) is 1. The van der Waals surface area contributed by atoms with Crippen molar-refractivity contribution in [2.75, 3.05) is 6.54 Å². The van der Waals surface area contributed by atoms with Gasteiger partial charge >= 0.3 is 5.97 Å². The molecule has 0 heterocycles. The number of rotatable bonds is 7. The summed E-state index contributed by atoms with van der Waals surface area (Å²) in [4.78, 5) is 25.2. The van der Waals surface area contributed by atoms with Crippen LogP contribution in [0.1, 0.15) is 47.1 Å². The van der Waals surface area contributed by atoms with Crippen LogP contribution in [0.2, 0.25) is 0 Å². The van der Waals surface area contributed by atoms with Crippen LogP contribution < -0.4 is 14.8 Å². The molecule has 3 aromatic carbocycles. The molecule has 160 valence electrons. The molecule has 0 spiro atoms. The molecule has 0 atom stereocenters. The highest BCUT2D eigenvalue weighted by Gasteiger charge is 2.18. The lowest BCUT2D eigenvalue weighted by molar-refractivity contribution is 0.0730. The zero-order valence-electron chi connectivity index (χ0n) is 18.3. The molecular formula is C26H27NO4. The molecule has 0 fully saturated rings. The normalized spacial score (nSPS) is 11.1. The van der Waals surface area contributed by atoms with Crippen molar-refractivity contribution in [2.24, 2.45) is 0 Å². The lowest BCUT2D eigenvalue weighted by Crippen LogP contribution is -2.39. The lowest BCUT2D eigenvalue weighted by Gasteiger charge is -2.20. The molecule has 0 aromatic heterocycles. The second kappa shape index (κ2) is 9.58. The van der Waals surface area contributed by atoms with Crippen molar-refractivity contribution in [2.45, 2.75) is 33.2 Å². The smallest absolute Gasteiger partial charge is 0.343 e. The first-order valence-electron chi connectivity index (χ1n) is 10.2. The minimum atomic E-state index is -0.497. The molecule has 0 saturated carbocycles. The third kappa shape index (κ3) is 6.52. The molecule has 31 heavy (non-hydrogen) atoms. The van der Waals surface area contributed by atoms with E-state index in [1.54, 1.807) is 42.5 Å².